The predicted octanol–water partition coefficient (Wildman–Crippen LogP) is 4.09. The Kier molecular flexibility index (Phi) is 6.36. The third kappa shape index (κ3) is 4.96. The highest BCUT2D eigenvalue weighted by atomic mass is 16.5. The molecule has 0 unspecified atom stereocenters. The number of aromatic nitrogens is 1. The summed E-state index contributed by atoms with van der Waals surface area (Å²) in [6, 6.07) is 11.9. The molecule has 0 radical (unpaired) electrons. The van der Waals surface area contributed by atoms with Gasteiger partial charge in [-0.2, -0.15) is 0 Å². The number of nitrogens with one attached hydrogen (secondary N) is 2. The van der Waals surface area contributed by atoms with Gasteiger partial charge in [-0.15, -0.1) is 0 Å². The zero-order chi connectivity index (χ0) is 21.7. The van der Waals surface area contributed by atoms with Crippen molar-refractivity contribution in [2.75, 3.05) is 17.7 Å². The molecule has 1 aromatic heterocycles. The summed E-state index contributed by atoms with van der Waals surface area (Å²) < 4.78 is 16.2. The number of hydrogen-bond acceptors (Lipinski definition) is 6. The zero-order valence-electron chi connectivity index (χ0n) is 17.2. The second kappa shape index (κ2) is 9.13. The SMILES string of the molecule is COc1ccc(NC(=O)c2cccc(OCc3c(C)noc3C)c2)cc1NC(C)=O. The lowest BCUT2D eigenvalue weighted by Crippen LogP contribution is -2.13. The van der Waals surface area contributed by atoms with Crippen LogP contribution in [-0.4, -0.2) is 24.1 Å². The molecule has 0 saturated heterocycles. The molecule has 2 aromatic carbocycles. The molecule has 0 saturated carbocycles. The molecule has 156 valence electrons. The molecule has 8 heteroatoms. The molecule has 8 nitrogen and oxygen atoms in total. The summed E-state index contributed by atoms with van der Waals surface area (Å²) in [5, 5.41) is 9.39. The highest BCUT2D eigenvalue weighted by molar-refractivity contribution is 6.05. The van der Waals surface area contributed by atoms with Crippen LogP contribution in [0.15, 0.2) is 47.0 Å². The molecule has 0 aliphatic carbocycles. The molecule has 0 fully saturated rings. The van der Waals surface area contributed by atoms with Crippen molar-refractivity contribution in [2.24, 2.45) is 0 Å². The number of hydrogen-bond donors (Lipinski definition) is 2. The molecule has 0 aliphatic heterocycles. The summed E-state index contributed by atoms with van der Waals surface area (Å²) in [5.41, 5.74) is 3.08. The van der Waals surface area contributed by atoms with Crippen LogP contribution in [0.3, 0.4) is 0 Å². The van der Waals surface area contributed by atoms with Crippen molar-refractivity contribution >= 4 is 23.2 Å². The highest BCUT2D eigenvalue weighted by Crippen LogP contribution is 2.28. The Morgan fingerprint density at radius 2 is 1.90 bits per heavy atom. The van der Waals surface area contributed by atoms with Crippen LogP contribution in [-0.2, 0) is 11.4 Å². The fourth-order valence-corrected chi connectivity index (χ4v) is 2.87. The van der Waals surface area contributed by atoms with Crippen LogP contribution >= 0.6 is 0 Å². The molecular weight excluding hydrogens is 386 g/mol. The van der Waals surface area contributed by atoms with E-state index in [1.54, 1.807) is 42.5 Å². The Hall–Kier alpha value is -3.81. The zero-order valence-corrected chi connectivity index (χ0v) is 17.2. The number of methoxy groups -OCH3 is 1. The van der Waals surface area contributed by atoms with Gasteiger partial charge in [-0.05, 0) is 50.2 Å². The highest BCUT2D eigenvalue weighted by Gasteiger charge is 2.12. The first-order valence-corrected chi connectivity index (χ1v) is 9.29. The van der Waals surface area contributed by atoms with Gasteiger partial charge in [0.1, 0.15) is 23.9 Å². The van der Waals surface area contributed by atoms with Gasteiger partial charge in [0.15, 0.2) is 0 Å². The van der Waals surface area contributed by atoms with Crippen molar-refractivity contribution in [1.29, 1.82) is 0 Å². The fourth-order valence-electron chi connectivity index (χ4n) is 2.87. The smallest absolute Gasteiger partial charge is 0.255 e. The van der Waals surface area contributed by atoms with Crippen molar-refractivity contribution in [3.8, 4) is 11.5 Å². The Bertz CT molecular complexity index is 1050. The lowest BCUT2D eigenvalue weighted by Gasteiger charge is -2.12. The molecular formula is C22H23N3O5. The normalized spacial score (nSPS) is 10.4. The topological polar surface area (TPSA) is 103 Å². The number of nitrogens with zero attached hydrogens (tertiary/aromatic N) is 1. The van der Waals surface area contributed by atoms with Crippen LogP contribution in [0.1, 0.15) is 34.3 Å². The molecule has 0 bridgehead atoms. The minimum Gasteiger partial charge on any atom is -0.495 e. The summed E-state index contributed by atoms with van der Waals surface area (Å²) in [6.45, 7) is 5.37. The third-order valence-corrected chi connectivity index (χ3v) is 4.43. The van der Waals surface area contributed by atoms with E-state index >= 15 is 0 Å². The minimum absolute atomic E-state index is 0.236. The number of aryl methyl sites for hydroxylation is 2. The van der Waals surface area contributed by atoms with Gasteiger partial charge in [0.2, 0.25) is 5.91 Å². The largest absolute Gasteiger partial charge is 0.495 e. The van der Waals surface area contributed by atoms with E-state index in [-0.39, 0.29) is 11.8 Å². The van der Waals surface area contributed by atoms with E-state index in [4.69, 9.17) is 14.0 Å². The van der Waals surface area contributed by atoms with Gasteiger partial charge in [0.05, 0.1) is 24.1 Å². The first-order chi connectivity index (χ1) is 14.4. The van der Waals surface area contributed by atoms with E-state index in [0.29, 0.717) is 40.8 Å². The lowest BCUT2D eigenvalue weighted by atomic mass is 10.2. The van der Waals surface area contributed by atoms with Crippen molar-refractivity contribution in [3.05, 3.63) is 65.0 Å². The van der Waals surface area contributed by atoms with Crippen LogP contribution in [0.5, 0.6) is 11.5 Å². The quantitative estimate of drug-likeness (QED) is 0.609. The maximum Gasteiger partial charge on any atom is 0.255 e. The molecule has 2 N–H and O–H groups in total. The van der Waals surface area contributed by atoms with Crippen LogP contribution in [0, 0.1) is 13.8 Å². The first-order valence-electron chi connectivity index (χ1n) is 9.29. The minimum atomic E-state index is -0.309. The number of rotatable bonds is 7. The number of ether oxygens (including phenoxy) is 2. The summed E-state index contributed by atoms with van der Waals surface area (Å²) in [7, 11) is 1.51. The van der Waals surface area contributed by atoms with Gasteiger partial charge >= 0.3 is 0 Å². The molecule has 0 spiro atoms. The number of amides is 2. The van der Waals surface area contributed by atoms with E-state index in [9.17, 15) is 9.59 Å². The molecule has 2 amide bonds. The van der Waals surface area contributed by atoms with E-state index in [0.717, 1.165) is 11.3 Å². The first kappa shape index (κ1) is 20.9. The summed E-state index contributed by atoms with van der Waals surface area (Å²) in [6.07, 6.45) is 0. The molecule has 1 heterocycles. The van der Waals surface area contributed by atoms with Crippen LogP contribution in [0.2, 0.25) is 0 Å². The Morgan fingerprint density at radius 1 is 1.10 bits per heavy atom. The lowest BCUT2D eigenvalue weighted by molar-refractivity contribution is -0.114. The van der Waals surface area contributed by atoms with Gasteiger partial charge < -0.3 is 24.6 Å². The van der Waals surface area contributed by atoms with Crippen molar-refractivity contribution < 1.29 is 23.6 Å². The van der Waals surface area contributed by atoms with Crippen LogP contribution in [0.4, 0.5) is 11.4 Å². The summed E-state index contributed by atoms with van der Waals surface area (Å²) in [5.74, 6) is 1.21. The van der Waals surface area contributed by atoms with E-state index in [2.05, 4.69) is 15.8 Å². The molecule has 3 aromatic rings. The number of benzene rings is 2. The summed E-state index contributed by atoms with van der Waals surface area (Å²) >= 11 is 0. The number of anilines is 2. The molecule has 30 heavy (non-hydrogen) atoms. The van der Waals surface area contributed by atoms with Crippen molar-refractivity contribution in [1.82, 2.24) is 5.16 Å². The number of carbonyl (C=O) groups is 2. The van der Waals surface area contributed by atoms with E-state index < -0.39 is 0 Å². The molecule has 0 aliphatic rings. The Labute approximate surface area is 174 Å². The second-order valence-electron chi connectivity index (χ2n) is 6.67. The predicted molar refractivity (Wildman–Crippen MR) is 112 cm³/mol. The maximum absolute atomic E-state index is 12.7. The standard InChI is InChI=1S/C22H23N3O5/c1-13-19(14(2)30-25-13)12-29-18-7-5-6-16(10-18)22(27)24-17-8-9-21(28-4)20(11-17)23-15(3)26/h5-11H,12H2,1-4H3,(H,23,26)(H,24,27). The van der Waals surface area contributed by atoms with Crippen LogP contribution < -0.4 is 20.1 Å². The number of carbonyl (C=O) groups excluding carboxylic acids is 2. The van der Waals surface area contributed by atoms with Gasteiger partial charge in [0, 0.05) is 18.2 Å². The maximum atomic E-state index is 12.7. The van der Waals surface area contributed by atoms with Gasteiger partial charge in [0.25, 0.3) is 5.91 Å². The average Bonchev–Trinajstić information content (AvgIpc) is 3.04. The van der Waals surface area contributed by atoms with Crippen LogP contribution in [0.25, 0.3) is 0 Å². The molecule has 0 atom stereocenters. The van der Waals surface area contributed by atoms with Crippen molar-refractivity contribution in [3.63, 3.8) is 0 Å². The Morgan fingerprint density at radius 3 is 2.57 bits per heavy atom. The summed E-state index contributed by atoms with van der Waals surface area (Å²) in [4.78, 5) is 24.1. The van der Waals surface area contributed by atoms with E-state index in [1.165, 1.54) is 14.0 Å². The monoisotopic (exact) mass is 409 g/mol. The molecule has 3 rings (SSSR count). The second-order valence-corrected chi connectivity index (χ2v) is 6.67. The van der Waals surface area contributed by atoms with Gasteiger partial charge in [-0.1, -0.05) is 11.2 Å². The Balaban J connectivity index is 1.71. The fraction of sp³-hybridized carbons (Fsp3) is 0.227. The third-order valence-electron chi connectivity index (χ3n) is 4.43. The van der Waals surface area contributed by atoms with E-state index in [1.807, 2.05) is 13.8 Å². The van der Waals surface area contributed by atoms with Gasteiger partial charge in [-0.25, -0.2) is 0 Å². The van der Waals surface area contributed by atoms with Crippen molar-refractivity contribution in [2.45, 2.75) is 27.4 Å². The van der Waals surface area contributed by atoms with Gasteiger partial charge in [-0.3, -0.25) is 9.59 Å². The average molecular weight is 409 g/mol.